The number of aromatic hydroxyl groups is 2. The third-order valence-corrected chi connectivity index (χ3v) is 6.12. The van der Waals surface area contributed by atoms with Crippen molar-refractivity contribution in [2.75, 3.05) is 0 Å². The van der Waals surface area contributed by atoms with Gasteiger partial charge in [-0.1, -0.05) is 12.1 Å². The van der Waals surface area contributed by atoms with Gasteiger partial charge in [0.15, 0.2) is 0 Å². The second-order valence-corrected chi connectivity index (χ2v) is 10.7. The van der Waals surface area contributed by atoms with Gasteiger partial charge >= 0.3 is 5.97 Å². The maximum absolute atomic E-state index is 12.7. The number of rotatable bonds is 7. The zero-order chi connectivity index (χ0) is 23.3. The molecule has 2 aromatic rings. The first-order valence-corrected chi connectivity index (χ1v) is 12.0. The summed E-state index contributed by atoms with van der Waals surface area (Å²) < 4.78 is 6.91. The van der Waals surface area contributed by atoms with Crippen LogP contribution in [-0.2, 0) is 27.2 Å². The van der Waals surface area contributed by atoms with Crippen LogP contribution in [0.4, 0.5) is 0 Å². The lowest BCUT2D eigenvalue weighted by atomic mass is 10.0. The van der Waals surface area contributed by atoms with E-state index in [-0.39, 0.29) is 30.2 Å². The Hall–Kier alpha value is -1.56. The highest BCUT2D eigenvalue weighted by atomic mass is 127. The number of aryl methyl sites for hydroxylation is 2. The number of nitrogens with one attached hydrogen (secondary N) is 1. The van der Waals surface area contributed by atoms with Gasteiger partial charge in [0, 0.05) is 12.8 Å². The first kappa shape index (κ1) is 25.7. The van der Waals surface area contributed by atoms with E-state index in [0.717, 1.165) is 20.3 Å². The number of hydrogen-bond acceptors (Lipinski definition) is 5. The minimum absolute atomic E-state index is 0.168. The molecule has 0 fully saturated rings. The molecule has 0 spiro atoms. The summed E-state index contributed by atoms with van der Waals surface area (Å²) in [6, 6.07) is 7.94. The molecule has 0 aliphatic rings. The largest absolute Gasteiger partial charge is 0.507 e. The van der Waals surface area contributed by atoms with Crippen molar-refractivity contribution in [3.63, 3.8) is 0 Å². The van der Waals surface area contributed by atoms with Crippen molar-refractivity contribution >= 4 is 57.1 Å². The number of phenolic OH excluding ortho intramolecular Hbond substituents is 2. The van der Waals surface area contributed by atoms with E-state index < -0.39 is 17.6 Å². The van der Waals surface area contributed by atoms with Gasteiger partial charge in [-0.2, -0.15) is 0 Å². The number of carbonyl (C=O) groups excluding carboxylic acids is 2. The zero-order valence-corrected chi connectivity index (χ0v) is 22.3. The Bertz CT molecular complexity index is 946. The Labute approximate surface area is 210 Å². The summed E-state index contributed by atoms with van der Waals surface area (Å²) in [4.78, 5) is 25.4. The summed E-state index contributed by atoms with van der Waals surface area (Å²) >= 11 is 4.08. The van der Waals surface area contributed by atoms with E-state index in [1.165, 1.54) is 0 Å². The molecular weight excluding hydrogens is 624 g/mol. The summed E-state index contributed by atoms with van der Waals surface area (Å²) in [5.41, 5.74) is 1.83. The second-order valence-electron chi connectivity index (χ2n) is 8.39. The van der Waals surface area contributed by atoms with Crippen molar-refractivity contribution in [3.05, 3.63) is 54.2 Å². The molecule has 2 rings (SSSR count). The fourth-order valence-electron chi connectivity index (χ4n) is 2.96. The third-order valence-electron chi connectivity index (χ3n) is 4.43. The van der Waals surface area contributed by atoms with Crippen LogP contribution in [0.1, 0.15) is 43.9 Å². The van der Waals surface area contributed by atoms with Crippen molar-refractivity contribution in [1.82, 2.24) is 5.32 Å². The molecule has 0 aromatic heterocycles. The monoisotopic (exact) mass is 651 g/mol. The molecule has 0 saturated heterocycles. The maximum atomic E-state index is 12.7. The van der Waals surface area contributed by atoms with Crippen molar-refractivity contribution in [2.24, 2.45) is 0 Å². The van der Waals surface area contributed by atoms with Gasteiger partial charge in [0.2, 0.25) is 5.91 Å². The lowest BCUT2D eigenvalue weighted by molar-refractivity contribution is -0.158. The molecule has 0 heterocycles. The van der Waals surface area contributed by atoms with Crippen LogP contribution in [0.2, 0.25) is 0 Å². The molecular formula is C23H27I2NO5. The number of carbonyl (C=O) groups is 2. The van der Waals surface area contributed by atoms with Crippen molar-refractivity contribution in [2.45, 2.75) is 58.6 Å². The first-order chi connectivity index (χ1) is 14.4. The molecule has 0 bridgehead atoms. The normalized spacial score (nSPS) is 12.3. The second kappa shape index (κ2) is 10.8. The van der Waals surface area contributed by atoms with Crippen LogP contribution in [-0.4, -0.2) is 33.7 Å². The Morgan fingerprint density at radius 3 is 2.29 bits per heavy atom. The Morgan fingerprint density at radius 2 is 1.71 bits per heavy atom. The molecule has 0 radical (unpaired) electrons. The van der Waals surface area contributed by atoms with Gasteiger partial charge in [0.25, 0.3) is 0 Å². The fraction of sp³-hybridized carbons (Fsp3) is 0.391. The van der Waals surface area contributed by atoms with Gasteiger partial charge in [-0.15, -0.1) is 0 Å². The number of ether oxygens (including phenoxy) is 1. The van der Waals surface area contributed by atoms with Crippen molar-refractivity contribution in [1.29, 1.82) is 0 Å². The summed E-state index contributed by atoms with van der Waals surface area (Å²) in [7, 11) is 0. The SMILES string of the molecule is Cc1cc(CCC(=O)NC(Cc2ccc(O)c(I)c2)C(=O)OC(C)(C)C)cc(I)c1O. The van der Waals surface area contributed by atoms with Crippen molar-refractivity contribution in [3.8, 4) is 11.5 Å². The lowest BCUT2D eigenvalue weighted by Crippen LogP contribution is -2.45. The maximum Gasteiger partial charge on any atom is 0.329 e. The average molecular weight is 651 g/mol. The Kier molecular flexibility index (Phi) is 8.99. The molecule has 1 amide bonds. The molecule has 1 unspecified atom stereocenters. The van der Waals surface area contributed by atoms with Crippen molar-refractivity contribution < 1.29 is 24.5 Å². The topological polar surface area (TPSA) is 95.9 Å². The molecule has 1 atom stereocenters. The van der Waals surface area contributed by atoms with Crippen LogP contribution in [0, 0.1) is 14.1 Å². The summed E-state index contributed by atoms with van der Waals surface area (Å²) in [6.07, 6.45) is 0.945. The molecule has 6 nitrogen and oxygen atoms in total. The van der Waals surface area contributed by atoms with Gasteiger partial charge in [-0.05, 0) is 114 Å². The van der Waals surface area contributed by atoms with E-state index in [2.05, 4.69) is 27.9 Å². The van der Waals surface area contributed by atoms with Crippen LogP contribution in [0.5, 0.6) is 11.5 Å². The highest BCUT2D eigenvalue weighted by Crippen LogP contribution is 2.26. The van der Waals surface area contributed by atoms with Crippen LogP contribution in [0.25, 0.3) is 0 Å². The molecule has 0 aliphatic carbocycles. The van der Waals surface area contributed by atoms with Gasteiger partial charge in [-0.3, -0.25) is 4.79 Å². The van der Waals surface area contributed by atoms with Gasteiger partial charge in [-0.25, -0.2) is 4.79 Å². The predicted octanol–water partition coefficient (Wildman–Crippen LogP) is 4.62. The first-order valence-electron chi connectivity index (χ1n) is 9.83. The predicted molar refractivity (Wildman–Crippen MR) is 136 cm³/mol. The summed E-state index contributed by atoms with van der Waals surface area (Å²) in [6.45, 7) is 7.16. The third kappa shape index (κ3) is 8.13. The van der Waals surface area contributed by atoms with E-state index in [4.69, 9.17) is 4.74 Å². The standard InChI is InChI=1S/C23H27I2NO5/c1-13-9-14(11-17(25)21(13)29)6-8-20(28)26-18(22(30)31-23(2,3)4)12-15-5-7-19(27)16(24)10-15/h5,7,9-11,18,27,29H,6,8,12H2,1-4H3,(H,26,28). The van der Waals surface area contributed by atoms with Gasteiger partial charge < -0.3 is 20.3 Å². The van der Waals surface area contributed by atoms with E-state index in [1.807, 2.05) is 41.6 Å². The molecule has 0 aliphatic heterocycles. The number of hydrogen-bond donors (Lipinski definition) is 3. The zero-order valence-electron chi connectivity index (χ0n) is 18.0. The fourth-order valence-corrected chi connectivity index (χ4v) is 4.36. The molecule has 2 aromatic carbocycles. The van der Waals surface area contributed by atoms with E-state index in [9.17, 15) is 19.8 Å². The minimum Gasteiger partial charge on any atom is -0.507 e. The molecule has 168 valence electrons. The highest BCUT2D eigenvalue weighted by molar-refractivity contribution is 14.1. The summed E-state index contributed by atoms with van der Waals surface area (Å²) in [5.74, 6) is -0.340. The number of halogens is 2. The Balaban J connectivity index is 2.10. The lowest BCUT2D eigenvalue weighted by Gasteiger charge is -2.25. The van der Waals surface area contributed by atoms with Crippen LogP contribution in [0.3, 0.4) is 0 Å². The molecule has 8 heteroatoms. The van der Waals surface area contributed by atoms with E-state index >= 15 is 0 Å². The summed E-state index contributed by atoms with van der Waals surface area (Å²) in [5, 5.41) is 22.4. The molecule has 3 N–H and O–H groups in total. The van der Waals surface area contributed by atoms with E-state index in [0.29, 0.717) is 9.99 Å². The smallest absolute Gasteiger partial charge is 0.329 e. The molecule has 31 heavy (non-hydrogen) atoms. The highest BCUT2D eigenvalue weighted by Gasteiger charge is 2.27. The van der Waals surface area contributed by atoms with Crippen LogP contribution < -0.4 is 5.32 Å². The number of amides is 1. The van der Waals surface area contributed by atoms with E-state index in [1.54, 1.807) is 39.0 Å². The average Bonchev–Trinajstić information content (AvgIpc) is 2.65. The van der Waals surface area contributed by atoms with Crippen LogP contribution in [0.15, 0.2) is 30.3 Å². The number of benzene rings is 2. The number of phenols is 2. The Morgan fingerprint density at radius 1 is 1.06 bits per heavy atom. The van der Waals surface area contributed by atoms with Crippen LogP contribution >= 0.6 is 45.2 Å². The van der Waals surface area contributed by atoms with Gasteiger partial charge in [0.05, 0.1) is 7.14 Å². The number of esters is 1. The minimum atomic E-state index is -0.839. The van der Waals surface area contributed by atoms with Gasteiger partial charge in [0.1, 0.15) is 23.1 Å². The molecule has 0 saturated carbocycles. The quantitative estimate of drug-likeness (QED) is 0.300.